The molecule has 1 aromatic carbocycles. The zero-order valence-electron chi connectivity index (χ0n) is 9.75. The first-order valence-corrected chi connectivity index (χ1v) is 6.92. The van der Waals surface area contributed by atoms with Gasteiger partial charge in [-0.1, -0.05) is 0 Å². The lowest BCUT2D eigenvalue weighted by atomic mass is 10.1. The Morgan fingerprint density at radius 3 is 2.32 bits per heavy atom. The molecule has 0 heterocycles. The van der Waals surface area contributed by atoms with Crippen molar-refractivity contribution in [2.75, 3.05) is 14.2 Å². The van der Waals surface area contributed by atoms with Gasteiger partial charge in [0.1, 0.15) is 5.56 Å². The second-order valence-electron chi connectivity index (χ2n) is 3.21. The number of rotatable bonds is 4. The maximum Gasteiger partial charge on any atom is 0.341 e. The molecular weight excluding hydrogens is 302 g/mol. The van der Waals surface area contributed by atoms with Crippen molar-refractivity contribution < 1.29 is 27.6 Å². The average Bonchev–Trinajstić information content (AvgIpc) is 2.34. The topological polar surface area (TPSA) is 113 Å². The molecule has 0 aliphatic heterocycles. The molecule has 0 aliphatic carbocycles. The lowest BCUT2D eigenvalue weighted by molar-refractivity contribution is -0.386. The van der Waals surface area contributed by atoms with E-state index >= 15 is 0 Å². The van der Waals surface area contributed by atoms with Crippen LogP contribution in [0.1, 0.15) is 10.4 Å². The highest BCUT2D eigenvalue weighted by molar-refractivity contribution is 8.13. The van der Waals surface area contributed by atoms with Gasteiger partial charge < -0.3 is 9.47 Å². The van der Waals surface area contributed by atoms with Gasteiger partial charge in [0.25, 0.3) is 9.05 Å². The Bertz CT molecular complexity index is 640. The molecule has 0 saturated heterocycles. The van der Waals surface area contributed by atoms with E-state index in [1.165, 1.54) is 0 Å². The normalized spacial score (nSPS) is 10.9. The van der Waals surface area contributed by atoms with E-state index in [2.05, 4.69) is 4.74 Å². The summed E-state index contributed by atoms with van der Waals surface area (Å²) in [5.41, 5.74) is -1.11. The van der Waals surface area contributed by atoms with Crippen LogP contribution < -0.4 is 4.74 Å². The van der Waals surface area contributed by atoms with Crippen LogP contribution in [-0.2, 0) is 13.8 Å². The molecular formula is C9H8ClNO7S. The van der Waals surface area contributed by atoms with Crippen LogP contribution in [0.25, 0.3) is 0 Å². The molecule has 1 rings (SSSR count). The summed E-state index contributed by atoms with van der Waals surface area (Å²) >= 11 is 0. The fourth-order valence-corrected chi connectivity index (χ4v) is 2.12. The fourth-order valence-electron chi connectivity index (χ4n) is 1.34. The molecule has 0 amide bonds. The summed E-state index contributed by atoms with van der Waals surface area (Å²) in [6.07, 6.45) is 0. The summed E-state index contributed by atoms with van der Waals surface area (Å²) in [5, 5.41) is 10.9. The van der Waals surface area contributed by atoms with Gasteiger partial charge in [-0.15, -0.1) is 0 Å². The van der Waals surface area contributed by atoms with Gasteiger partial charge in [0.15, 0.2) is 0 Å². The van der Waals surface area contributed by atoms with Gasteiger partial charge in [0.05, 0.1) is 24.0 Å². The van der Waals surface area contributed by atoms with Crippen molar-refractivity contribution in [3.05, 3.63) is 27.8 Å². The van der Waals surface area contributed by atoms with E-state index in [1.54, 1.807) is 0 Å². The Hall–Kier alpha value is -1.87. The third kappa shape index (κ3) is 3.12. The number of carbonyl (C=O) groups excluding carboxylic acids is 1. The van der Waals surface area contributed by atoms with Crippen LogP contribution in [0.4, 0.5) is 5.69 Å². The minimum absolute atomic E-state index is 0.402. The molecule has 0 bridgehead atoms. The molecule has 10 heteroatoms. The number of benzene rings is 1. The first kappa shape index (κ1) is 15.2. The van der Waals surface area contributed by atoms with Gasteiger partial charge in [0, 0.05) is 16.7 Å². The van der Waals surface area contributed by atoms with E-state index in [9.17, 15) is 23.3 Å². The van der Waals surface area contributed by atoms with Crippen molar-refractivity contribution in [3.63, 3.8) is 0 Å². The summed E-state index contributed by atoms with van der Waals surface area (Å²) in [4.78, 5) is 20.9. The highest BCUT2D eigenvalue weighted by atomic mass is 35.7. The molecule has 1 aromatic rings. The molecule has 0 N–H and O–H groups in total. The van der Waals surface area contributed by atoms with Crippen molar-refractivity contribution >= 4 is 31.4 Å². The highest BCUT2D eigenvalue weighted by Crippen LogP contribution is 2.35. The van der Waals surface area contributed by atoms with E-state index in [1.807, 2.05) is 0 Å². The van der Waals surface area contributed by atoms with Crippen LogP contribution in [0.3, 0.4) is 0 Å². The van der Waals surface area contributed by atoms with Gasteiger partial charge in [-0.2, -0.15) is 0 Å². The highest BCUT2D eigenvalue weighted by Gasteiger charge is 2.28. The number of carbonyl (C=O) groups is 1. The van der Waals surface area contributed by atoms with Crippen molar-refractivity contribution in [1.82, 2.24) is 0 Å². The second kappa shape index (κ2) is 5.41. The molecule has 8 nitrogen and oxygen atoms in total. The van der Waals surface area contributed by atoms with Crippen molar-refractivity contribution in [1.29, 1.82) is 0 Å². The van der Waals surface area contributed by atoms with E-state index in [0.717, 1.165) is 20.3 Å². The molecule has 0 fully saturated rings. The zero-order chi connectivity index (χ0) is 14.8. The maximum absolute atomic E-state index is 11.5. The number of esters is 1. The number of hydrogen-bond acceptors (Lipinski definition) is 7. The van der Waals surface area contributed by atoms with E-state index in [-0.39, 0.29) is 0 Å². The first-order valence-electron chi connectivity index (χ1n) is 4.61. The Labute approximate surface area is 112 Å². The van der Waals surface area contributed by atoms with Gasteiger partial charge >= 0.3 is 11.7 Å². The number of nitro groups is 1. The van der Waals surface area contributed by atoms with Crippen molar-refractivity contribution in [2.45, 2.75) is 4.90 Å². The molecule has 0 radical (unpaired) electrons. The third-order valence-corrected chi connectivity index (χ3v) is 3.46. The zero-order valence-corrected chi connectivity index (χ0v) is 11.3. The Morgan fingerprint density at radius 1 is 1.37 bits per heavy atom. The monoisotopic (exact) mass is 309 g/mol. The maximum atomic E-state index is 11.5. The molecule has 104 valence electrons. The summed E-state index contributed by atoms with van der Waals surface area (Å²) in [6, 6.07) is 1.55. The Balaban J connectivity index is 3.74. The van der Waals surface area contributed by atoms with Crippen LogP contribution in [0.2, 0.25) is 0 Å². The van der Waals surface area contributed by atoms with E-state index < -0.39 is 41.8 Å². The quantitative estimate of drug-likeness (QED) is 0.356. The number of nitro benzene ring substituents is 1. The average molecular weight is 310 g/mol. The standard InChI is InChI=1S/C9H8ClNO7S/c1-17-8-6(9(12)18-2)3-5(19(10,15)16)4-7(8)11(13)14/h3-4H,1-2H3. The molecule has 0 spiro atoms. The molecule has 0 aromatic heterocycles. The molecule has 0 saturated carbocycles. The predicted octanol–water partition coefficient (Wildman–Crippen LogP) is 1.32. The molecule has 0 unspecified atom stereocenters. The lowest BCUT2D eigenvalue weighted by Crippen LogP contribution is -2.08. The van der Waals surface area contributed by atoms with E-state index in [0.29, 0.717) is 6.07 Å². The third-order valence-electron chi connectivity index (χ3n) is 2.13. The summed E-state index contributed by atoms with van der Waals surface area (Å²) in [7, 11) is 3.00. The summed E-state index contributed by atoms with van der Waals surface area (Å²) < 4.78 is 31.6. The SMILES string of the molecule is COC(=O)c1cc(S(=O)(=O)Cl)cc([N+](=O)[O-])c1OC. The van der Waals surface area contributed by atoms with Gasteiger partial charge in [-0.05, 0) is 6.07 Å². The van der Waals surface area contributed by atoms with Gasteiger partial charge in [-0.25, -0.2) is 13.2 Å². The number of halogens is 1. The van der Waals surface area contributed by atoms with Crippen LogP contribution in [0.15, 0.2) is 17.0 Å². The number of hydrogen-bond donors (Lipinski definition) is 0. The molecule has 0 aliphatic rings. The Morgan fingerprint density at radius 2 is 1.95 bits per heavy atom. The lowest BCUT2D eigenvalue weighted by Gasteiger charge is -2.08. The van der Waals surface area contributed by atoms with Crippen LogP contribution >= 0.6 is 10.7 Å². The number of nitrogens with zero attached hydrogens (tertiary/aromatic N) is 1. The van der Waals surface area contributed by atoms with E-state index in [4.69, 9.17) is 15.4 Å². The van der Waals surface area contributed by atoms with Gasteiger partial charge in [0.2, 0.25) is 5.75 Å². The Kier molecular flexibility index (Phi) is 4.32. The largest absolute Gasteiger partial charge is 0.490 e. The second-order valence-corrected chi connectivity index (χ2v) is 5.78. The van der Waals surface area contributed by atoms with Crippen LogP contribution in [0, 0.1) is 10.1 Å². The predicted molar refractivity (Wildman–Crippen MR) is 64.0 cm³/mol. The van der Waals surface area contributed by atoms with Gasteiger partial charge in [-0.3, -0.25) is 10.1 Å². The number of methoxy groups -OCH3 is 2. The smallest absolute Gasteiger partial charge is 0.341 e. The minimum atomic E-state index is -4.24. The van der Waals surface area contributed by atoms with Crippen LogP contribution in [-0.4, -0.2) is 33.5 Å². The number of ether oxygens (including phenoxy) is 2. The first-order chi connectivity index (χ1) is 8.72. The van der Waals surface area contributed by atoms with Crippen LogP contribution in [0.5, 0.6) is 5.75 Å². The van der Waals surface area contributed by atoms with Crippen molar-refractivity contribution in [2.24, 2.45) is 0 Å². The minimum Gasteiger partial charge on any atom is -0.490 e. The molecule has 19 heavy (non-hydrogen) atoms. The van der Waals surface area contributed by atoms with Crippen molar-refractivity contribution in [3.8, 4) is 5.75 Å². The molecule has 0 atom stereocenters. The summed E-state index contributed by atoms with van der Waals surface area (Å²) in [6.45, 7) is 0. The fraction of sp³-hybridized carbons (Fsp3) is 0.222. The summed E-state index contributed by atoms with van der Waals surface area (Å²) in [5.74, 6) is -1.39.